The quantitative estimate of drug-likeness (QED) is 0.574. The number of nitrogens with one attached hydrogen (secondary N) is 3. The van der Waals surface area contributed by atoms with Crippen molar-refractivity contribution < 1.29 is 0 Å². The Hall–Kier alpha value is -2.00. The molecule has 0 amide bonds. The van der Waals surface area contributed by atoms with E-state index in [0.717, 1.165) is 13.1 Å². The van der Waals surface area contributed by atoms with Gasteiger partial charge in [-0.25, -0.2) is 0 Å². The lowest BCUT2D eigenvalue weighted by Gasteiger charge is -2.30. The average Bonchev–Trinajstić information content (AvgIpc) is 2.61. The summed E-state index contributed by atoms with van der Waals surface area (Å²) in [6.07, 6.45) is 14.9. The summed E-state index contributed by atoms with van der Waals surface area (Å²) in [6, 6.07) is 9.72. The third kappa shape index (κ3) is 6.25. The van der Waals surface area contributed by atoms with Crippen molar-refractivity contribution in [1.82, 2.24) is 5.32 Å². The van der Waals surface area contributed by atoms with Gasteiger partial charge in [-0.15, -0.1) is 0 Å². The van der Waals surface area contributed by atoms with E-state index in [1.54, 1.807) is 6.08 Å². The molecule has 1 aromatic carbocycles. The van der Waals surface area contributed by atoms with Crippen LogP contribution in [0.1, 0.15) is 32.6 Å². The van der Waals surface area contributed by atoms with Gasteiger partial charge in [0.05, 0.1) is 11.4 Å². The number of para-hydroxylation sites is 2. The Kier molecular flexibility index (Phi) is 8.19. The van der Waals surface area contributed by atoms with Gasteiger partial charge in [-0.1, -0.05) is 49.1 Å². The molecule has 2 rings (SSSR count). The molecule has 130 valence electrons. The van der Waals surface area contributed by atoms with Gasteiger partial charge in [-0.3, -0.25) is 0 Å². The van der Waals surface area contributed by atoms with Gasteiger partial charge in [-0.2, -0.15) is 0 Å². The number of allylic oxidation sites excluding steroid dienone is 4. The molecule has 0 radical (unpaired) electrons. The molecule has 1 saturated carbocycles. The highest BCUT2D eigenvalue weighted by Gasteiger charge is 2.20. The Bertz CT molecular complexity index is 540. The molecule has 0 unspecified atom stereocenters. The summed E-state index contributed by atoms with van der Waals surface area (Å²) >= 11 is 0. The minimum Gasteiger partial charge on any atom is -0.384 e. The number of hydrogen-bond acceptors (Lipinski definition) is 3. The maximum atomic E-state index is 3.72. The van der Waals surface area contributed by atoms with Crippen LogP contribution >= 0.6 is 0 Å². The SMILES string of the molecule is C=C/C=C\C=C\CNC1CCC(Nc2ccccc2NCC)CC1. The van der Waals surface area contributed by atoms with E-state index in [4.69, 9.17) is 0 Å². The highest BCUT2D eigenvalue weighted by atomic mass is 15.0. The number of benzene rings is 1. The van der Waals surface area contributed by atoms with Gasteiger partial charge in [0.15, 0.2) is 0 Å². The number of anilines is 2. The summed E-state index contributed by atoms with van der Waals surface area (Å²) in [5.41, 5.74) is 2.44. The van der Waals surface area contributed by atoms with Gasteiger partial charge in [0.2, 0.25) is 0 Å². The Morgan fingerprint density at radius 2 is 1.71 bits per heavy atom. The van der Waals surface area contributed by atoms with Gasteiger partial charge in [0.25, 0.3) is 0 Å². The van der Waals surface area contributed by atoms with Crippen LogP contribution in [-0.2, 0) is 0 Å². The van der Waals surface area contributed by atoms with Crippen LogP contribution in [0.5, 0.6) is 0 Å². The third-order valence-electron chi connectivity index (χ3n) is 4.40. The fraction of sp³-hybridized carbons (Fsp3) is 0.429. The predicted octanol–water partition coefficient (Wildman–Crippen LogP) is 4.73. The zero-order valence-electron chi connectivity index (χ0n) is 14.8. The summed E-state index contributed by atoms with van der Waals surface area (Å²) in [6.45, 7) is 7.68. The van der Waals surface area contributed by atoms with E-state index in [2.05, 4.69) is 65.9 Å². The Balaban J connectivity index is 1.72. The second kappa shape index (κ2) is 10.7. The van der Waals surface area contributed by atoms with Crippen LogP contribution in [0.4, 0.5) is 11.4 Å². The molecule has 3 nitrogen and oxygen atoms in total. The van der Waals surface area contributed by atoms with Gasteiger partial charge in [-0.05, 0) is 44.7 Å². The minimum atomic E-state index is 0.578. The van der Waals surface area contributed by atoms with Gasteiger partial charge < -0.3 is 16.0 Å². The van der Waals surface area contributed by atoms with Crippen molar-refractivity contribution >= 4 is 11.4 Å². The van der Waals surface area contributed by atoms with Crippen LogP contribution in [-0.4, -0.2) is 25.2 Å². The van der Waals surface area contributed by atoms with Crippen molar-refractivity contribution in [1.29, 1.82) is 0 Å². The van der Waals surface area contributed by atoms with Crippen molar-refractivity contribution in [2.24, 2.45) is 0 Å². The molecule has 0 spiro atoms. The largest absolute Gasteiger partial charge is 0.384 e. The molecule has 0 bridgehead atoms. The Morgan fingerprint density at radius 1 is 1.00 bits per heavy atom. The maximum absolute atomic E-state index is 3.72. The second-order valence-electron chi connectivity index (χ2n) is 6.23. The number of hydrogen-bond donors (Lipinski definition) is 3. The first kappa shape index (κ1) is 18.3. The second-order valence-corrected chi connectivity index (χ2v) is 6.23. The van der Waals surface area contributed by atoms with E-state index in [-0.39, 0.29) is 0 Å². The van der Waals surface area contributed by atoms with Crippen LogP contribution in [0.25, 0.3) is 0 Å². The third-order valence-corrected chi connectivity index (χ3v) is 4.40. The van der Waals surface area contributed by atoms with Crippen LogP contribution < -0.4 is 16.0 Å². The molecule has 0 aliphatic heterocycles. The number of rotatable bonds is 9. The van der Waals surface area contributed by atoms with Crippen molar-refractivity contribution in [2.75, 3.05) is 23.7 Å². The molecule has 1 aliphatic carbocycles. The molecule has 1 aliphatic rings. The summed E-state index contributed by atoms with van der Waals surface area (Å²) in [4.78, 5) is 0. The molecule has 1 aromatic rings. The Morgan fingerprint density at radius 3 is 2.42 bits per heavy atom. The molecular formula is C21H31N3. The highest BCUT2D eigenvalue weighted by molar-refractivity contribution is 5.68. The maximum Gasteiger partial charge on any atom is 0.0578 e. The van der Waals surface area contributed by atoms with E-state index in [1.807, 2.05) is 12.2 Å². The lowest BCUT2D eigenvalue weighted by atomic mass is 9.91. The summed E-state index contributed by atoms with van der Waals surface area (Å²) in [7, 11) is 0. The van der Waals surface area contributed by atoms with Crippen molar-refractivity contribution in [2.45, 2.75) is 44.7 Å². The predicted molar refractivity (Wildman–Crippen MR) is 107 cm³/mol. The molecule has 0 aromatic heterocycles. The van der Waals surface area contributed by atoms with Gasteiger partial charge >= 0.3 is 0 Å². The summed E-state index contributed by atoms with van der Waals surface area (Å²) in [5, 5.41) is 10.8. The van der Waals surface area contributed by atoms with E-state index in [1.165, 1.54) is 37.1 Å². The summed E-state index contributed by atoms with van der Waals surface area (Å²) in [5.74, 6) is 0. The van der Waals surface area contributed by atoms with Crippen molar-refractivity contribution in [3.8, 4) is 0 Å². The smallest absolute Gasteiger partial charge is 0.0578 e. The fourth-order valence-corrected chi connectivity index (χ4v) is 3.14. The monoisotopic (exact) mass is 325 g/mol. The summed E-state index contributed by atoms with van der Waals surface area (Å²) < 4.78 is 0. The molecule has 24 heavy (non-hydrogen) atoms. The van der Waals surface area contributed by atoms with E-state index in [9.17, 15) is 0 Å². The molecule has 1 fully saturated rings. The lowest BCUT2D eigenvalue weighted by molar-refractivity contribution is 0.363. The molecule has 3 heteroatoms. The average molecular weight is 326 g/mol. The first-order chi connectivity index (χ1) is 11.8. The van der Waals surface area contributed by atoms with Gasteiger partial charge in [0.1, 0.15) is 0 Å². The minimum absolute atomic E-state index is 0.578. The first-order valence-electron chi connectivity index (χ1n) is 9.10. The topological polar surface area (TPSA) is 36.1 Å². The fourth-order valence-electron chi connectivity index (χ4n) is 3.14. The zero-order chi connectivity index (χ0) is 17.0. The van der Waals surface area contributed by atoms with Crippen LogP contribution in [0.15, 0.2) is 61.2 Å². The molecule has 0 heterocycles. The first-order valence-corrected chi connectivity index (χ1v) is 9.10. The highest BCUT2D eigenvalue weighted by Crippen LogP contribution is 2.26. The molecule has 0 atom stereocenters. The van der Waals surface area contributed by atoms with Crippen LogP contribution in [0.2, 0.25) is 0 Å². The normalized spacial score (nSPS) is 21.2. The molecule has 0 saturated heterocycles. The van der Waals surface area contributed by atoms with Crippen molar-refractivity contribution in [3.63, 3.8) is 0 Å². The van der Waals surface area contributed by atoms with Crippen molar-refractivity contribution in [3.05, 3.63) is 61.2 Å². The lowest BCUT2D eigenvalue weighted by Crippen LogP contribution is -2.37. The van der Waals surface area contributed by atoms with Crippen LogP contribution in [0.3, 0.4) is 0 Å². The molecular weight excluding hydrogens is 294 g/mol. The van der Waals surface area contributed by atoms with E-state index in [0.29, 0.717) is 12.1 Å². The van der Waals surface area contributed by atoms with E-state index >= 15 is 0 Å². The van der Waals surface area contributed by atoms with Gasteiger partial charge in [0, 0.05) is 25.2 Å². The van der Waals surface area contributed by atoms with E-state index < -0.39 is 0 Å². The standard InChI is InChI=1S/C21H31N3/c1-3-5-6-7-10-17-23-18-13-15-19(16-14-18)24-21-12-9-8-11-20(21)22-4-2/h3,5-12,18-19,22-24H,1,4,13-17H2,2H3/b6-5-,10-7+. The van der Waals surface area contributed by atoms with Crippen LogP contribution in [0, 0.1) is 0 Å². The Labute approximate surface area is 146 Å². The zero-order valence-corrected chi connectivity index (χ0v) is 14.8. The molecule has 3 N–H and O–H groups in total.